The average Bonchev–Trinajstić information content (AvgIpc) is 2.75. The van der Waals surface area contributed by atoms with Crippen LogP contribution in [0.15, 0.2) is 59.6 Å². The van der Waals surface area contributed by atoms with Gasteiger partial charge in [0.25, 0.3) is 0 Å². The van der Waals surface area contributed by atoms with Crippen molar-refractivity contribution < 1.29 is 0 Å². The molecule has 0 spiro atoms. The second-order valence-electron chi connectivity index (χ2n) is 5.50. The highest BCUT2D eigenvalue weighted by Crippen LogP contribution is 2.41. The van der Waals surface area contributed by atoms with Crippen LogP contribution in [0.3, 0.4) is 0 Å². The second-order valence-corrected chi connectivity index (χ2v) is 6.92. The van der Waals surface area contributed by atoms with Crippen molar-refractivity contribution in [1.82, 2.24) is 0 Å². The Labute approximate surface area is 129 Å². The minimum absolute atomic E-state index is 0.0901. The molecule has 0 saturated heterocycles. The first-order valence-corrected chi connectivity index (χ1v) is 8.46. The summed E-state index contributed by atoms with van der Waals surface area (Å²) in [6, 6.07) is 16.9. The summed E-state index contributed by atoms with van der Waals surface area (Å²) in [5, 5.41) is 2.18. The Morgan fingerprint density at radius 1 is 0.905 bits per heavy atom. The maximum atomic E-state index is 8.51. The predicted octanol–water partition coefficient (Wildman–Crippen LogP) is 5.06. The molecule has 2 aromatic carbocycles. The maximum Gasteiger partial charge on any atom is 0.119 e. The summed E-state index contributed by atoms with van der Waals surface area (Å²) in [6.07, 6.45) is 0. The van der Waals surface area contributed by atoms with Gasteiger partial charge in [-0.25, -0.2) is 0 Å². The van der Waals surface area contributed by atoms with Gasteiger partial charge in [-0.15, -0.1) is 0 Å². The van der Waals surface area contributed by atoms with Crippen LogP contribution in [-0.2, 0) is 10.7 Å². The fraction of sp³-hybridized carbons (Fsp3) is 0.222. The van der Waals surface area contributed by atoms with Crippen LogP contribution in [0.4, 0.5) is 5.69 Å². The van der Waals surface area contributed by atoms with Crippen molar-refractivity contribution in [3.8, 4) is 0 Å². The summed E-state index contributed by atoms with van der Waals surface area (Å²) in [5.74, 6) is 0. The van der Waals surface area contributed by atoms with E-state index in [1.54, 1.807) is 0 Å². The normalized spacial score (nSPS) is 21.5. The third-order valence-electron chi connectivity index (χ3n) is 3.98. The summed E-state index contributed by atoms with van der Waals surface area (Å²) in [7, 11) is -0.527. The number of hydrogen-bond donors (Lipinski definition) is 1. The Bertz CT molecular complexity index is 734. The molecule has 1 heterocycles. The molecule has 0 aromatic heterocycles. The summed E-state index contributed by atoms with van der Waals surface area (Å²) in [5.41, 5.74) is 6.15. The number of hydrogen-bond acceptors (Lipinski definition) is 2. The number of anilines is 1. The molecule has 1 N–H and O–H groups in total. The van der Waals surface area contributed by atoms with Crippen molar-refractivity contribution in [3.63, 3.8) is 0 Å². The zero-order chi connectivity index (χ0) is 15.0. The van der Waals surface area contributed by atoms with E-state index in [4.69, 9.17) is 4.78 Å². The van der Waals surface area contributed by atoms with Crippen LogP contribution in [0.2, 0.25) is 0 Å². The molecule has 1 aliphatic heterocycles. The fourth-order valence-corrected chi connectivity index (χ4v) is 4.55. The van der Waals surface area contributed by atoms with Crippen LogP contribution in [0, 0.1) is 18.6 Å². The minimum Gasteiger partial charge on any atom is -0.327 e. The van der Waals surface area contributed by atoms with Gasteiger partial charge in [0.05, 0.1) is 0 Å². The Hall–Kier alpha value is -1.87. The highest BCUT2D eigenvalue weighted by molar-refractivity contribution is 7.89. The van der Waals surface area contributed by atoms with Crippen molar-refractivity contribution in [2.45, 2.75) is 26.1 Å². The molecular formula is C18H20N2S. The van der Waals surface area contributed by atoms with E-state index in [0.29, 0.717) is 0 Å². The summed E-state index contributed by atoms with van der Waals surface area (Å²) in [6.45, 7) is 6.38. The zero-order valence-corrected chi connectivity index (χ0v) is 13.4. The summed E-state index contributed by atoms with van der Waals surface area (Å²) >= 11 is 0. The maximum absolute atomic E-state index is 8.51. The van der Waals surface area contributed by atoms with Crippen molar-refractivity contribution in [2.24, 2.45) is 0 Å². The van der Waals surface area contributed by atoms with Gasteiger partial charge in [0.1, 0.15) is 5.37 Å². The molecule has 0 fully saturated rings. The van der Waals surface area contributed by atoms with Gasteiger partial charge >= 0.3 is 0 Å². The Morgan fingerprint density at radius 2 is 1.52 bits per heavy atom. The standard InChI is InChI=1S/C18H20N2S/c1-13-8-4-6-10-16(13)18-20(15(3)12-21(18)19)17-11-7-5-9-14(17)2/h4-12,18-19H,1-3H3. The lowest BCUT2D eigenvalue weighted by Crippen LogP contribution is -2.25. The number of rotatable bonds is 2. The highest BCUT2D eigenvalue weighted by Gasteiger charge is 2.31. The lowest BCUT2D eigenvalue weighted by Gasteiger charge is -2.31. The molecule has 2 atom stereocenters. The Balaban J connectivity index is 2.14. The van der Waals surface area contributed by atoms with Gasteiger partial charge in [0, 0.05) is 16.8 Å². The van der Waals surface area contributed by atoms with E-state index in [-0.39, 0.29) is 5.37 Å². The molecule has 3 rings (SSSR count). The number of para-hydroxylation sites is 1. The van der Waals surface area contributed by atoms with Crippen LogP contribution in [0.1, 0.15) is 29.0 Å². The van der Waals surface area contributed by atoms with Gasteiger partial charge in [0.2, 0.25) is 0 Å². The number of aryl methyl sites for hydroxylation is 2. The first-order valence-electron chi connectivity index (χ1n) is 7.11. The molecule has 3 heteroatoms. The SMILES string of the molecule is CC1=CS(=N)C(c2ccccc2C)N1c1ccccc1C. The highest BCUT2D eigenvalue weighted by atomic mass is 32.2. The minimum atomic E-state index is -0.527. The van der Waals surface area contributed by atoms with Crippen molar-refractivity contribution in [1.29, 1.82) is 4.78 Å². The largest absolute Gasteiger partial charge is 0.327 e. The molecule has 0 aliphatic carbocycles. The second kappa shape index (κ2) is 5.49. The molecule has 0 amide bonds. The molecule has 0 bridgehead atoms. The van der Waals surface area contributed by atoms with E-state index in [0.717, 1.165) is 0 Å². The molecule has 1 aliphatic rings. The van der Waals surface area contributed by atoms with E-state index in [2.05, 4.69) is 79.6 Å². The lowest BCUT2D eigenvalue weighted by molar-refractivity contribution is 0.892. The van der Waals surface area contributed by atoms with Crippen molar-refractivity contribution in [3.05, 3.63) is 76.3 Å². The number of nitrogens with one attached hydrogen (secondary N) is 1. The van der Waals surface area contributed by atoms with Gasteiger partial charge in [-0.05, 0) is 43.5 Å². The Kier molecular flexibility index (Phi) is 3.68. The third kappa shape index (κ3) is 2.42. The molecule has 2 nitrogen and oxygen atoms in total. The molecule has 2 unspecified atom stereocenters. The van der Waals surface area contributed by atoms with Gasteiger partial charge in [0.15, 0.2) is 0 Å². The molecule has 2 aromatic rings. The monoisotopic (exact) mass is 296 g/mol. The van der Waals surface area contributed by atoms with E-state index >= 15 is 0 Å². The van der Waals surface area contributed by atoms with E-state index < -0.39 is 10.7 Å². The van der Waals surface area contributed by atoms with E-state index in [1.165, 1.54) is 28.1 Å². The van der Waals surface area contributed by atoms with Gasteiger partial charge in [-0.2, -0.15) is 0 Å². The fourth-order valence-electron chi connectivity index (χ4n) is 2.89. The summed E-state index contributed by atoms with van der Waals surface area (Å²) in [4.78, 5) is 2.33. The third-order valence-corrected chi connectivity index (χ3v) is 5.52. The summed E-state index contributed by atoms with van der Waals surface area (Å²) < 4.78 is 8.51. The topological polar surface area (TPSA) is 27.1 Å². The molecular weight excluding hydrogens is 276 g/mol. The van der Waals surface area contributed by atoms with E-state index in [9.17, 15) is 0 Å². The molecule has 108 valence electrons. The van der Waals surface area contributed by atoms with E-state index in [1.807, 2.05) is 0 Å². The van der Waals surface area contributed by atoms with Gasteiger partial charge in [-0.1, -0.05) is 53.2 Å². The number of nitrogens with zero attached hydrogens (tertiary/aromatic N) is 1. The van der Waals surface area contributed by atoms with Crippen LogP contribution < -0.4 is 4.90 Å². The molecule has 0 radical (unpaired) electrons. The quantitative estimate of drug-likeness (QED) is 0.823. The Morgan fingerprint density at radius 3 is 2.19 bits per heavy atom. The first kappa shape index (κ1) is 14.1. The van der Waals surface area contributed by atoms with Crippen LogP contribution in [0.5, 0.6) is 0 Å². The first-order chi connectivity index (χ1) is 10.1. The zero-order valence-electron chi connectivity index (χ0n) is 12.6. The van der Waals surface area contributed by atoms with Crippen LogP contribution in [0.25, 0.3) is 0 Å². The molecule has 0 saturated carbocycles. The average molecular weight is 296 g/mol. The lowest BCUT2D eigenvalue weighted by atomic mass is 10.1. The van der Waals surface area contributed by atoms with Crippen LogP contribution in [-0.4, -0.2) is 0 Å². The molecule has 21 heavy (non-hydrogen) atoms. The van der Waals surface area contributed by atoms with Crippen molar-refractivity contribution >= 4 is 16.4 Å². The van der Waals surface area contributed by atoms with Crippen molar-refractivity contribution in [2.75, 3.05) is 4.90 Å². The van der Waals surface area contributed by atoms with Gasteiger partial charge < -0.3 is 4.90 Å². The smallest absolute Gasteiger partial charge is 0.119 e. The van der Waals surface area contributed by atoms with Crippen LogP contribution >= 0.6 is 0 Å². The van der Waals surface area contributed by atoms with Gasteiger partial charge in [-0.3, -0.25) is 4.78 Å². The predicted molar refractivity (Wildman–Crippen MR) is 91.4 cm³/mol. The number of allylic oxidation sites excluding steroid dienone is 1. The number of benzene rings is 2.